The fourth-order valence-corrected chi connectivity index (χ4v) is 5.82. The summed E-state index contributed by atoms with van der Waals surface area (Å²) in [5.41, 5.74) is 5.71. The van der Waals surface area contributed by atoms with Gasteiger partial charge in [0.1, 0.15) is 5.00 Å². The summed E-state index contributed by atoms with van der Waals surface area (Å²) in [5, 5.41) is 13.5. The van der Waals surface area contributed by atoms with E-state index in [-0.39, 0.29) is 23.0 Å². The van der Waals surface area contributed by atoms with E-state index < -0.39 is 5.97 Å². The second kappa shape index (κ2) is 9.19. The summed E-state index contributed by atoms with van der Waals surface area (Å²) in [5.74, 6) is -1.05. The quantitative estimate of drug-likeness (QED) is 0.230. The van der Waals surface area contributed by atoms with Gasteiger partial charge in [-0.05, 0) is 62.9 Å². The number of pyridine rings is 1. The van der Waals surface area contributed by atoms with Crippen molar-refractivity contribution in [2.45, 2.75) is 39.8 Å². The lowest BCUT2D eigenvalue weighted by atomic mass is 10.0. The van der Waals surface area contributed by atoms with Crippen molar-refractivity contribution in [2.75, 3.05) is 18.2 Å². The van der Waals surface area contributed by atoms with Gasteiger partial charge >= 0.3 is 5.97 Å². The predicted octanol–water partition coefficient (Wildman–Crippen LogP) is 4.90. The number of nitrogens with one attached hydrogen (secondary N) is 1. The minimum atomic E-state index is -0.597. The van der Waals surface area contributed by atoms with Gasteiger partial charge in [-0.15, -0.1) is 21.5 Å². The normalized spacial score (nSPS) is 11.2. The van der Waals surface area contributed by atoms with E-state index in [0.29, 0.717) is 20.6 Å². The van der Waals surface area contributed by atoms with E-state index in [1.54, 1.807) is 6.92 Å². The monoisotopic (exact) mass is 496 g/mol. The van der Waals surface area contributed by atoms with E-state index in [1.165, 1.54) is 25.8 Å². The molecule has 0 saturated heterocycles. The smallest absolute Gasteiger partial charge is 0.341 e. The van der Waals surface area contributed by atoms with E-state index in [1.807, 2.05) is 18.2 Å². The Morgan fingerprint density at radius 1 is 1.09 bits per heavy atom. The third-order valence-corrected chi connectivity index (χ3v) is 7.89. The SMILES string of the molecule is COC(=O)c1c(NC(=O)CSc2nnc3c(C)cc4c(C)ccc(C)c4n23)sc(C(C)=O)c1C. The molecule has 0 aliphatic carbocycles. The molecule has 0 bridgehead atoms. The highest BCUT2D eigenvalue weighted by molar-refractivity contribution is 7.99. The number of amides is 1. The highest BCUT2D eigenvalue weighted by Gasteiger charge is 2.25. The molecule has 0 saturated carbocycles. The molecular formula is C24H24N4O4S2. The van der Waals surface area contributed by atoms with Crippen LogP contribution in [0.5, 0.6) is 0 Å². The largest absolute Gasteiger partial charge is 0.465 e. The maximum absolute atomic E-state index is 12.8. The van der Waals surface area contributed by atoms with E-state index in [0.717, 1.165) is 44.6 Å². The van der Waals surface area contributed by atoms with Gasteiger partial charge in [0, 0.05) is 5.39 Å². The summed E-state index contributed by atoms with van der Waals surface area (Å²) in [6, 6.07) is 6.27. The van der Waals surface area contributed by atoms with Gasteiger partial charge in [-0.1, -0.05) is 23.9 Å². The number of benzene rings is 1. The van der Waals surface area contributed by atoms with Crippen LogP contribution in [0.1, 0.15) is 49.2 Å². The topological polar surface area (TPSA) is 103 Å². The number of carbonyl (C=O) groups excluding carboxylic acids is 3. The Balaban J connectivity index is 1.64. The summed E-state index contributed by atoms with van der Waals surface area (Å²) in [6.45, 7) is 9.19. The summed E-state index contributed by atoms with van der Waals surface area (Å²) < 4.78 is 6.84. The summed E-state index contributed by atoms with van der Waals surface area (Å²) in [7, 11) is 1.26. The Morgan fingerprint density at radius 2 is 1.79 bits per heavy atom. The average Bonchev–Trinajstić information content (AvgIpc) is 3.36. The Bertz CT molecular complexity index is 1490. The van der Waals surface area contributed by atoms with Crippen LogP contribution in [0, 0.1) is 27.7 Å². The van der Waals surface area contributed by atoms with Crippen LogP contribution in [0.2, 0.25) is 0 Å². The summed E-state index contributed by atoms with van der Waals surface area (Å²) >= 11 is 2.33. The molecule has 3 heterocycles. The van der Waals surface area contributed by atoms with Crippen LogP contribution < -0.4 is 5.32 Å². The van der Waals surface area contributed by atoms with E-state index in [2.05, 4.69) is 40.6 Å². The molecule has 0 aliphatic heterocycles. The van der Waals surface area contributed by atoms with Gasteiger partial charge in [0.05, 0.1) is 28.8 Å². The molecule has 1 amide bonds. The number of aromatic nitrogens is 3. The highest BCUT2D eigenvalue weighted by Crippen LogP contribution is 2.34. The number of hydrogen-bond acceptors (Lipinski definition) is 8. The van der Waals surface area contributed by atoms with E-state index in [4.69, 9.17) is 4.74 Å². The van der Waals surface area contributed by atoms with Crippen LogP contribution in [0.15, 0.2) is 23.4 Å². The van der Waals surface area contributed by atoms with Crippen molar-refractivity contribution < 1.29 is 19.1 Å². The maximum atomic E-state index is 12.8. The second-order valence-electron chi connectivity index (χ2n) is 8.08. The first-order chi connectivity index (χ1) is 16.1. The number of thiophene rings is 1. The number of aryl methyl sites for hydroxylation is 3. The van der Waals surface area contributed by atoms with Crippen LogP contribution >= 0.6 is 23.1 Å². The zero-order valence-corrected chi connectivity index (χ0v) is 21.4. The molecule has 0 spiro atoms. The molecule has 0 radical (unpaired) electrons. The van der Waals surface area contributed by atoms with Crippen LogP contribution in [0.4, 0.5) is 5.00 Å². The van der Waals surface area contributed by atoms with Crippen LogP contribution in [-0.2, 0) is 9.53 Å². The molecule has 4 aromatic rings. The number of carbonyl (C=O) groups is 3. The lowest BCUT2D eigenvalue weighted by molar-refractivity contribution is -0.113. The zero-order valence-electron chi connectivity index (χ0n) is 19.7. The van der Waals surface area contributed by atoms with E-state index in [9.17, 15) is 14.4 Å². The minimum absolute atomic E-state index is 0.0497. The Kier molecular flexibility index (Phi) is 6.46. The Morgan fingerprint density at radius 3 is 2.47 bits per heavy atom. The fraction of sp³-hybridized carbons (Fsp3) is 0.292. The second-order valence-corrected chi connectivity index (χ2v) is 10.0. The number of fused-ring (bicyclic) bond motifs is 3. The maximum Gasteiger partial charge on any atom is 0.341 e. The molecular weight excluding hydrogens is 472 g/mol. The first kappa shape index (κ1) is 23.9. The molecule has 0 unspecified atom stereocenters. The van der Waals surface area contributed by atoms with Gasteiger partial charge in [0.15, 0.2) is 16.6 Å². The molecule has 3 aromatic heterocycles. The van der Waals surface area contributed by atoms with Crippen LogP contribution in [-0.4, -0.2) is 45.1 Å². The number of ether oxygens (including phenoxy) is 1. The molecule has 1 N–H and O–H groups in total. The van der Waals surface area contributed by atoms with Crippen molar-refractivity contribution in [1.29, 1.82) is 0 Å². The van der Waals surface area contributed by atoms with Crippen molar-refractivity contribution in [3.8, 4) is 0 Å². The van der Waals surface area contributed by atoms with E-state index >= 15 is 0 Å². The lowest BCUT2D eigenvalue weighted by Crippen LogP contribution is -2.16. The van der Waals surface area contributed by atoms with Gasteiger partial charge in [-0.25, -0.2) is 4.79 Å². The first-order valence-corrected chi connectivity index (χ1v) is 12.3. The molecule has 176 valence electrons. The molecule has 34 heavy (non-hydrogen) atoms. The Labute approximate surface area is 204 Å². The summed E-state index contributed by atoms with van der Waals surface area (Å²) in [4.78, 5) is 37.5. The third-order valence-electron chi connectivity index (χ3n) is 5.65. The number of esters is 1. The highest BCUT2D eigenvalue weighted by atomic mass is 32.2. The number of rotatable bonds is 6. The average molecular weight is 497 g/mol. The molecule has 1 aromatic carbocycles. The number of Topliss-reactive ketones (excluding diaryl/α,β-unsaturated/α-hetero) is 1. The van der Waals surface area contributed by atoms with Crippen molar-refractivity contribution in [3.05, 3.63) is 50.9 Å². The number of nitrogens with zero attached hydrogens (tertiary/aromatic N) is 3. The van der Waals surface area contributed by atoms with Gasteiger partial charge in [-0.2, -0.15) is 0 Å². The van der Waals surface area contributed by atoms with Crippen molar-refractivity contribution in [2.24, 2.45) is 0 Å². The van der Waals surface area contributed by atoms with Gasteiger partial charge < -0.3 is 10.1 Å². The molecule has 0 atom stereocenters. The first-order valence-electron chi connectivity index (χ1n) is 10.5. The molecule has 10 heteroatoms. The third kappa shape index (κ3) is 4.07. The van der Waals surface area contributed by atoms with Crippen LogP contribution in [0.3, 0.4) is 0 Å². The molecule has 4 rings (SSSR count). The molecule has 0 aliphatic rings. The standard InChI is InChI=1S/C24H24N4O4S2/c1-11-7-8-12(2)19-16(11)9-13(3)21-26-27-24(28(19)21)33-10-17(30)25-22-18(23(31)32-6)14(4)20(34-22)15(5)29/h7-9H,10H2,1-6H3,(H,25,30). The van der Waals surface area contributed by atoms with Crippen molar-refractivity contribution in [3.63, 3.8) is 0 Å². The number of anilines is 1. The number of ketones is 1. The Hall–Kier alpha value is -3.24. The number of methoxy groups -OCH3 is 1. The van der Waals surface area contributed by atoms with Crippen LogP contribution in [0.25, 0.3) is 16.6 Å². The predicted molar refractivity (Wildman–Crippen MR) is 134 cm³/mol. The number of hydrogen-bond donors (Lipinski definition) is 1. The van der Waals surface area contributed by atoms with Gasteiger partial charge in [-0.3, -0.25) is 14.0 Å². The number of thioether (sulfide) groups is 1. The van der Waals surface area contributed by atoms with Gasteiger partial charge in [0.2, 0.25) is 5.91 Å². The molecule has 8 nitrogen and oxygen atoms in total. The minimum Gasteiger partial charge on any atom is -0.465 e. The van der Waals surface area contributed by atoms with Crippen molar-refractivity contribution in [1.82, 2.24) is 14.6 Å². The van der Waals surface area contributed by atoms with Crippen molar-refractivity contribution >= 4 is 62.3 Å². The zero-order chi connectivity index (χ0) is 24.7. The fourth-order valence-electron chi connectivity index (χ4n) is 3.98. The molecule has 0 fully saturated rings. The summed E-state index contributed by atoms with van der Waals surface area (Å²) in [6.07, 6.45) is 0. The van der Waals surface area contributed by atoms with Gasteiger partial charge in [0.25, 0.3) is 0 Å². The lowest BCUT2D eigenvalue weighted by Gasteiger charge is -2.11.